The van der Waals surface area contributed by atoms with Crippen molar-refractivity contribution in [2.24, 2.45) is 0 Å². The van der Waals surface area contributed by atoms with Gasteiger partial charge >= 0.3 is 12.3 Å². The molecule has 4 rings (SSSR count). The van der Waals surface area contributed by atoms with Gasteiger partial charge in [-0.3, -0.25) is 14.7 Å². The Morgan fingerprint density at radius 3 is 2.65 bits per heavy atom. The topological polar surface area (TPSA) is 89.0 Å². The number of pyridine rings is 1. The summed E-state index contributed by atoms with van der Waals surface area (Å²) in [5.41, 5.74) is -3.79. The van der Waals surface area contributed by atoms with E-state index in [0.717, 1.165) is 12.4 Å². The van der Waals surface area contributed by atoms with Crippen molar-refractivity contribution in [2.75, 3.05) is 25.1 Å². The average molecular weight is 447 g/mol. The second kappa shape index (κ2) is 7.62. The normalized spacial score (nSPS) is 23.5. The maximum absolute atomic E-state index is 13.9. The first-order valence-electron chi connectivity index (χ1n) is 9.12. The second-order valence-electron chi connectivity index (χ2n) is 7.23. The third-order valence-corrected chi connectivity index (χ3v) is 5.29. The molecule has 1 unspecified atom stereocenters. The minimum atomic E-state index is -4.81. The minimum Gasteiger partial charge on any atom is -0.435 e. The lowest BCUT2D eigenvalue weighted by Gasteiger charge is -2.28. The number of nitrogens with zero attached hydrogens (tertiary/aromatic N) is 3. The number of aromatic nitrogens is 3. The molecule has 7 nitrogen and oxygen atoms in total. The monoisotopic (exact) mass is 447 g/mol. The van der Waals surface area contributed by atoms with Crippen molar-refractivity contribution < 1.29 is 35.9 Å². The Balaban J connectivity index is 1.94. The lowest BCUT2D eigenvalue weighted by atomic mass is 9.83. The number of anilines is 1. The van der Waals surface area contributed by atoms with E-state index < -0.39 is 53.7 Å². The molecule has 0 aliphatic carbocycles. The molecule has 31 heavy (non-hydrogen) atoms. The van der Waals surface area contributed by atoms with Gasteiger partial charge in [0, 0.05) is 6.54 Å². The van der Waals surface area contributed by atoms with Gasteiger partial charge in [-0.05, 0) is 25.1 Å². The van der Waals surface area contributed by atoms with E-state index in [1.165, 1.54) is 0 Å². The molecule has 0 saturated carbocycles. The molecule has 2 N–H and O–H groups in total. The van der Waals surface area contributed by atoms with Crippen LogP contribution >= 0.6 is 0 Å². The number of rotatable bonds is 4. The number of hydrogen-bond acceptors (Lipinski definition) is 6. The molecule has 0 radical (unpaired) electrons. The van der Waals surface area contributed by atoms with Gasteiger partial charge in [0.2, 0.25) is 0 Å². The Morgan fingerprint density at radius 1 is 1.26 bits per heavy atom. The van der Waals surface area contributed by atoms with Crippen molar-refractivity contribution in [3.05, 3.63) is 35.3 Å². The fourth-order valence-electron chi connectivity index (χ4n) is 3.68. The molecule has 4 heterocycles. The molecule has 2 aliphatic heterocycles. The molecule has 1 saturated heterocycles. The molecule has 2 aromatic rings. The summed E-state index contributed by atoms with van der Waals surface area (Å²) in [4.78, 5) is 23.3. The molecule has 2 aliphatic rings. The number of fused-ring (bicyclic) bond motifs is 1. The second-order valence-corrected chi connectivity index (χ2v) is 7.23. The van der Waals surface area contributed by atoms with Crippen LogP contribution in [0.25, 0.3) is 11.4 Å². The molecule has 1 amide bonds. The van der Waals surface area contributed by atoms with E-state index in [2.05, 4.69) is 30.3 Å². The van der Waals surface area contributed by atoms with E-state index in [4.69, 9.17) is 0 Å². The third-order valence-electron chi connectivity index (χ3n) is 5.29. The fraction of sp³-hybridized carbons (Fsp3) is 0.444. The summed E-state index contributed by atoms with van der Waals surface area (Å²) in [6, 6.07) is 1.39. The van der Waals surface area contributed by atoms with Gasteiger partial charge in [-0.15, -0.1) is 0 Å². The molecule has 0 bridgehead atoms. The van der Waals surface area contributed by atoms with E-state index in [1.807, 2.05) is 0 Å². The molecule has 0 aromatic carbocycles. The molecular formula is C18H15F6N5O2. The Morgan fingerprint density at radius 2 is 2.03 bits per heavy atom. The maximum Gasteiger partial charge on any atom is 0.416 e. The standard InChI is InChI=1S/C18H15F6N5O2/c19-5-17(1-2-25-6-17)10-4-8(18(22,23)24)3-9(28-10)12-11-13(14(20)21)31-16(30)29-15(11)27-7-26-12/h3-4,7,13-14,25H,1-2,5-6H2,(H,26,27,29,30)/t13-,17?/m1/s1. The highest BCUT2D eigenvalue weighted by atomic mass is 19.4. The number of ether oxygens (including phenoxy) is 1. The predicted octanol–water partition coefficient (Wildman–Crippen LogP) is 3.63. The number of amides is 1. The summed E-state index contributed by atoms with van der Waals surface area (Å²) in [6.45, 7) is -0.514. The number of cyclic esters (lactones) is 1. The summed E-state index contributed by atoms with van der Waals surface area (Å²) in [6.07, 6.45) is -10.2. The van der Waals surface area contributed by atoms with Gasteiger partial charge in [0.25, 0.3) is 6.43 Å². The SMILES string of the molecule is O=C1Nc2ncnc(-c3cc(C(F)(F)F)cc(C4(CF)CCNC4)n3)c2[C@H](C(F)F)O1. The van der Waals surface area contributed by atoms with Crippen LogP contribution in [0.5, 0.6) is 0 Å². The molecule has 2 aromatic heterocycles. The van der Waals surface area contributed by atoms with Crippen molar-refractivity contribution in [2.45, 2.75) is 30.5 Å². The molecule has 166 valence electrons. The summed E-state index contributed by atoms with van der Waals surface area (Å²) in [5.74, 6) is -0.324. The van der Waals surface area contributed by atoms with Gasteiger partial charge in [-0.1, -0.05) is 0 Å². The quantitative estimate of drug-likeness (QED) is 0.696. The van der Waals surface area contributed by atoms with Crippen molar-refractivity contribution in [1.29, 1.82) is 0 Å². The summed E-state index contributed by atoms with van der Waals surface area (Å²) in [7, 11) is 0. The van der Waals surface area contributed by atoms with Crippen LogP contribution in [-0.2, 0) is 16.3 Å². The molecule has 0 spiro atoms. The van der Waals surface area contributed by atoms with Crippen molar-refractivity contribution in [3.63, 3.8) is 0 Å². The van der Waals surface area contributed by atoms with Crippen LogP contribution < -0.4 is 10.6 Å². The number of hydrogen-bond donors (Lipinski definition) is 2. The summed E-state index contributed by atoms with van der Waals surface area (Å²) in [5, 5.41) is 5.03. The van der Waals surface area contributed by atoms with Crippen LogP contribution in [0.1, 0.15) is 29.3 Å². The van der Waals surface area contributed by atoms with Gasteiger partial charge in [0.05, 0.1) is 27.9 Å². The number of alkyl halides is 6. The predicted molar refractivity (Wildman–Crippen MR) is 94.3 cm³/mol. The molecular weight excluding hydrogens is 432 g/mol. The first-order chi connectivity index (χ1) is 14.6. The Bertz CT molecular complexity index is 1010. The zero-order valence-electron chi connectivity index (χ0n) is 15.6. The van der Waals surface area contributed by atoms with Crippen molar-refractivity contribution >= 4 is 11.9 Å². The fourth-order valence-corrected chi connectivity index (χ4v) is 3.68. The van der Waals surface area contributed by atoms with Crippen LogP contribution in [0, 0.1) is 0 Å². The van der Waals surface area contributed by atoms with Gasteiger partial charge in [0.15, 0.2) is 6.10 Å². The van der Waals surface area contributed by atoms with E-state index >= 15 is 0 Å². The highest BCUT2D eigenvalue weighted by Crippen LogP contribution is 2.42. The summed E-state index contributed by atoms with van der Waals surface area (Å²) >= 11 is 0. The Hall–Kier alpha value is -2.96. The lowest BCUT2D eigenvalue weighted by molar-refractivity contribution is -0.137. The Labute approximate surface area is 171 Å². The van der Waals surface area contributed by atoms with E-state index in [-0.39, 0.29) is 30.2 Å². The number of carbonyl (C=O) groups is 1. The van der Waals surface area contributed by atoms with Crippen LogP contribution in [0.15, 0.2) is 18.5 Å². The molecule has 2 atom stereocenters. The van der Waals surface area contributed by atoms with Crippen LogP contribution in [0.4, 0.5) is 37.0 Å². The van der Waals surface area contributed by atoms with Crippen LogP contribution in [-0.4, -0.2) is 47.2 Å². The van der Waals surface area contributed by atoms with E-state index in [1.54, 1.807) is 0 Å². The van der Waals surface area contributed by atoms with Crippen molar-refractivity contribution in [1.82, 2.24) is 20.3 Å². The molecule has 13 heteroatoms. The average Bonchev–Trinajstić information content (AvgIpc) is 3.22. The molecule has 1 fully saturated rings. The van der Waals surface area contributed by atoms with Crippen LogP contribution in [0.3, 0.4) is 0 Å². The van der Waals surface area contributed by atoms with Crippen LogP contribution in [0.2, 0.25) is 0 Å². The Kier molecular flexibility index (Phi) is 5.23. The van der Waals surface area contributed by atoms with E-state index in [0.29, 0.717) is 12.6 Å². The van der Waals surface area contributed by atoms with Gasteiger partial charge < -0.3 is 10.1 Å². The number of halogens is 6. The lowest BCUT2D eigenvalue weighted by Crippen LogP contribution is -2.33. The maximum atomic E-state index is 13.9. The van der Waals surface area contributed by atoms with Crippen molar-refractivity contribution in [3.8, 4) is 11.4 Å². The zero-order chi connectivity index (χ0) is 22.4. The number of carbonyl (C=O) groups excluding carboxylic acids is 1. The zero-order valence-corrected chi connectivity index (χ0v) is 15.6. The first-order valence-corrected chi connectivity index (χ1v) is 9.12. The third kappa shape index (κ3) is 3.77. The van der Waals surface area contributed by atoms with Gasteiger partial charge in [0.1, 0.15) is 24.5 Å². The first kappa shape index (κ1) is 21.3. The smallest absolute Gasteiger partial charge is 0.416 e. The highest BCUT2D eigenvalue weighted by Gasteiger charge is 2.42. The largest absolute Gasteiger partial charge is 0.435 e. The highest BCUT2D eigenvalue weighted by molar-refractivity contribution is 5.88. The summed E-state index contributed by atoms with van der Waals surface area (Å²) < 4.78 is 86.5. The van der Waals surface area contributed by atoms with Gasteiger partial charge in [-0.2, -0.15) is 13.2 Å². The van der Waals surface area contributed by atoms with E-state index in [9.17, 15) is 31.1 Å². The number of nitrogens with one attached hydrogen (secondary N) is 2. The minimum absolute atomic E-state index is 0.0674. The van der Waals surface area contributed by atoms with Gasteiger partial charge in [-0.25, -0.2) is 23.5 Å².